The lowest BCUT2D eigenvalue weighted by Crippen LogP contribution is -2.34. The van der Waals surface area contributed by atoms with E-state index in [-0.39, 0.29) is 0 Å². The summed E-state index contributed by atoms with van der Waals surface area (Å²) < 4.78 is 0. The Labute approximate surface area is 116 Å². The first-order chi connectivity index (χ1) is 9.36. The second-order valence-corrected chi connectivity index (χ2v) is 6.00. The molecule has 1 aliphatic heterocycles. The monoisotopic (exact) mass is 259 g/mol. The number of aromatic nitrogens is 1. The molecule has 2 fully saturated rings. The molecule has 1 saturated carbocycles. The summed E-state index contributed by atoms with van der Waals surface area (Å²) in [4.78, 5) is 6.86. The van der Waals surface area contributed by atoms with Crippen molar-refractivity contribution in [1.29, 1.82) is 0 Å². The molecule has 0 radical (unpaired) electrons. The highest BCUT2D eigenvalue weighted by Crippen LogP contribution is 2.28. The minimum atomic E-state index is 0.763. The number of nitrogens with zero attached hydrogens (tertiary/aromatic N) is 2. The molecule has 1 aliphatic carbocycles. The highest BCUT2D eigenvalue weighted by atomic mass is 15.1. The molecule has 3 heteroatoms. The van der Waals surface area contributed by atoms with Crippen molar-refractivity contribution in [2.24, 2.45) is 5.92 Å². The smallest absolute Gasteiger partial charge is 0.0442 e. The summed E-state index contributed by atoms with van der Waals surface area (Å²) in [5.74, 6) is 0.936. The lowest BCUT2D eigenvalue weighted by Gasteiger charge is -2.34. The summed E-state index contributed by atoms with van der Waals surface area (Å²) in [5.41, 5.74) is 2.77. The zero-order valence-corrected chi connectivity index (χ0v) is 11.9. The van der Waals surface area contributed by atoms with Crippen LogP contribution in [0.2, 0.25) is 0 Å². The number of rotatable bonds is 5. The molecule has 0 amide bonds. The lowest BCUT2D eigenvalue weighted by atomic mass is 9.94. The third-order valence-corrected chi connectivity index (χ3v) is 4.57. The molecule has 3 nitrogen and oxygen atoms in total. The van der Waals surface area contributed by atoms with E-state index in [4.69, 9.17) is 0 Å². The van der Waals surface area contributed by atoms with Crippen LogP contribution in [0.5, 0.6) is 0 Å². The fraction of sp³-hybridized carbons (Fsp3) is 0.688. The Kier molecular flexibility index (Phi) is 4.02. The van der Waals surface area contributed by atoms with Crippen molar-refractivity contribution in [3.05, 3.63) is 24.0 Å². The zero-order valence-electron chi connectivity index (χ0n) is 11.9. The standard InChI is InChI=1S/C16H25N3/c1-2-13-6-9-19(10-7-13)16-5-8-17-11-14(16)12-18-15-3-4-15/h5,8,11,13,15,18H,2-4,6-7,9-10,12H2,1H3. The lowest BCUT2D eigenvalue weighted by molar-refractivity contribution is 0.394. The molecule has 0 spiro atoms. The van der Waals surface area contributed by atoms with E-state index in [9.17, 15) is 0 Å². The van der Waals surface area contributed by atoms with Crippen LogP contribution in [0.15, 0.2) is 18.5 Å². The van der Waals surface area contributed by atoms with Gasteiger partial charge in [0.15, 0.2) is 0 Å². The van der Waals surface area contributed by atoms with Crippen molar-refractivity contribution in [1.82, 2.24) is 10.3 Å². The van der Waals surface area contributed by atoms with Crippen molar-refractivity contribution in [2.45, 2.75) is 51.6 Å². The van der Waals surface area contributed by atoms with Crippen LogP contribution >= 0.6 is 0 Å². The zero-order chi connectivity index (χ0) is 13.1. The second kappa shape index (κ2) is 5.91. The first-order valence-electron chi connectivity index (χ1n) is 7.78. The molecular formula is C16H25N3. The van der Waals surface area contributed by atoms with Crippen LogP contribution in [-0.2, 0) is 6.54 Å². The number of anilines is 1. The average molecular weight is 259 g/mol. The Hall–Kier alpha value is -1.09. The van der Waals surface area contributed by atoms with Gasteiger partial charge in [-0.05, 0) is 37.7 Å². The Balaban J connectivity index is 1.65. The van der Waals surface area contributed by atoms with Crippen molar-refractivity contribution in [2.75, 3.05) is 18.0 Å². The minimum Gasteiger partial charge on any atom is -0.371 e. The predicted octanol–water partition coefficient (Wildman–Crippen LogP) is 2.96. The van der Waals surface area contributed by atoms with Crippen molar-refractivity contribution in [3.8, 4) is 0 Å². The van der Waals surface area contributed by atoms with Crippen LogP contribution in [0.3, 0.4) is 0 Å². The van der Waals surface area contributed by atoms with Gasteiger partial charge in [0.1, 0.15) is 0 Å². The van der Waals surface area contributed by atoms with Crippen LogP contribution in [0, 0.1) is 5.92 Å². The summed E-state index contributed by atoms with van der Waals surface area (Å²) in [5, 5.41) is 3.61. The summed E-state index contributed by atoms with van der Waals surface area (Å²) in [6.45, 7) is 5.71. The summed E-state index contributed by atoms with van der Waals surface area (Å²) in [6, 6.07) is 2.95. The highest BCUT2D eigenvalue weighted by molar-refractivity contribution is 5.52. The van der Waals surface area contributed by atoms with Gasteiger partial charge < -0.3 is 10.2 Å². The number of hydrogen-bond donors (Lipinski definition) is 1. The molecule has 1 aromatic heterocycles. The maximum absolute atomic E-state index is 4.30. The number of pyridine rings is 1. The predicted molar refractivity (Wildman–Crippen MR) is 79.3 cm³/mol. The van der Waals surface area contributed by atoms with Crippen LogP contribution in [0.4, 0.5) is 5.69 Å². The fourth-order valence-corrected chi connectivity index (χ4v) is 2.99. The molecule has 1 aromatic rings. The van der Waals surface area contributed by atoms with Crippen LogP contribution in [0.1, 0.15) is 44.6 Å². The molecule has 0 atom stereocenters. The Bertz CT molecular complexity index is 406. The molecule has 1 saturated heterocycles. The number of hydrogen-bond acceptors (Lipinski definition) is 3. The van der Waals surface area contributed by atoms with Gasteiger partial charge >= 0.3 is 0 Å². The first-order valence-corrected chi connectivity index (χ1v) is 7.78. The third kappa shape index (κ3) is 3.27. The molecule has 0 aromatic carbocycles. The van der Waals surface area contributed by atoms with Gasteiger partial charge in [-0.1, -0.05) is 13.3 Å². The second-order valence-electron chi connectivity index (χ2n) is 6.00. The SMILES string of the molecule is CCC1CCN(c2ccncc2CNC2CC2)CC1. The molecule has 0 unspecified atom stereocenters. The first kappa shape index (κ1) is 12.9. The molecule has 2 aliphatic rings. The highest BCUT2D eigenvalue weighted by Gasteiger charge is 2.22. The van der Waals surface area contributed by atoms with Crippen LogP contribution in [0.25, 0.3) is 0 Å². The Morgan fingerprint density at radius 1 is 1.26 bits per heavy atom. The van der Waals surface area contributed by atoms with Crippen LogP contribution in [-0.4, -0.2) is 24.1 Å². The number of piperidine rings is 1. The summed E-state index contributed by atoms with van der Waals surface area (Å²) in [7, 11) is 0. The number of nitrogens with one attached hydrogen (secondary N) is 1. The maximum Gasteiger partial charge on any atom is 0.0442 e. The molecule has 104 valence electrons. The van der Waals surface area contributed by atoms with Gasteiger partial charge in [0.25, 0.3) is 0 Å². The van der Waals surface area contributed by atoms with Crippen molar-refractivity contribution in [3.63, 3.8) is 0 Å². The molecule has 19 heavy (non-hydrogen) atoms. The van der Waals surface area contributed by atoms with E-state index < -0.39 is 0 Å². The normalized spacial score (nSPS) is 20.8. The summed E-state index contributed by atoms with van der Waals surface area (Å²) >= 11 is 0. The molecule has 3 rings (SSSR count). The molecule has 1 N–H and O–H groups in total. The van der Waals surface area contributed by atoms with Gasteiger partial charge in [-0.3, -0.25) is 4.98 Å². The van der Waals surface area contributed by atoms with Gasteiger partial charge in [-0.15, -0.1) is 0 Å². The van der Waals surface area contributed by atoms with Crippen molar-refractivity contribution < 1.29 is 0 Å². The summed E-state index contributed by atoms with van der Waals surface area (Å²) in [6.07, 6.45) is 10.7. The van der Waals surface area contributed by atoms with Crippen LogP contribution < -0.4 is 10.2 Å². The fourth-order valence-electron chi connectivity index (χ4n) is 2.99. The van der Waals surface area contributed by atoms with Gasteiger partial charge in [0.2, 0.25) is 0 Å². The third-order valence-electron chi connectivity index (χ3n) is 4.57. The van der Waals surface area contributed by atoms with E-state index in [1.807, 2.05) is 12.4 Å². The van der Waals surface area contributed by atoms with Gasteiger partial charge in [0.05, 0.1) is 0 Å². The molecule has 2 heterocycles. The van der Waals surface area contributed by atoms with E-state index in [0.717, 1.165) is 18.5 Å². The van der Waals surface area contributed by atoms with E-state index >= 15 is 0 Å². The Morgan fingerprint density at radius 2 is 2.05 bits per heavy atom. The van der Waals surface area contributed by atoms with Gasteiger partial charge in [0, 0.05) is 49.3 Å². The quantitative estimate of drug-likeness (QED) is 0.881. The molecule has 0 bridgehead atoms. The topological polar surface area (TPSA) is 28.2 Å². The Morgan fingerprint density at radius 3 is 2.74 bits per heavy atom. The van der Waals surface area contributed by atoms with Gasteiger partial charge in [-0.25, -0.2) is 0 Å². The van der Waals surface area contributed by atoms with Gasteiger partial charge in [-0.2, -0.15) is 0 Å². The maximum atomic E-state index is 4.30. The molecular weight excluding hydrogens is 234 g/mol. The van der Waals surface area contributed by atoms with E-state index in [1.165, 1.54) is 56.4 Å². The van der Waals surface area contributed by atoms with E-state index in [0.29, 0.717) is 0 Å². The van der Waals surface area contributed by atoms with Crippen molar-refractivity contribution >= 4 is 5.69 Å². The van der Waals surface area contributed by atoms with E-state index in [1.54, 1.807) is 0 Å². The van der Waals surface area contributed by atoms with E-state index in [2.05, 4.69) is 28.2 Å². The average Bonchev–Trinajstić information content (AvgIpc) is 3.30. The minimum absolute atomic E-state index is 0.763. The largest absolute Gasteiger partial charge is 0.371 e.